The highest BCUT2D eigenvalue weighted by Crippen LogP contribution is 2.19. The lowest BCUT2D eigenvalue weighted by molar-refractivity contribution is -0.119. The highest BCUT2D eigenvalue weighted by molar-refractivity contribution is 5.94. The van der Waals surface area contributed by atoms with Crippen LogP contribution in [-0.4, -0.2) is 27.4 Å². The molecule has 0 saturated heterocycles. The van der Waals surface area contributed by atoms with E-state index in [1.165, 1.54) is 18.9 Å². The first-order valence-corrected chi connectivity index (χ1v) is 8.73. The summed E-state index contributed by atoms with van der Waals surface area (Å²) in [6.07, 6.45) is 1.24. The van der Waals surface area contributed by atoms with Gasteiger partial charge in [-0.1, -0.05) is 6.07 Å². The summed E-state index contributed by atoms with van der Waals surface area (Å²) in [4.78, 5) is 50.4. The second-order valence-corrected chi connectivity index (χ2v) is 6.60. The molecule has 2 aromatic rings. The molecular weight excluding hydrogens is 360 g/mol. The highest BCUT2D eigenvalue weighted by atomic mass is 16.2. The standard InChI is InChI=1S/C20H22N4O4/c1-13-6-7-16(10-14(13)2)24(9-5-8-21)18(26)12-23-11-17(15(3)25)19(27)22(4)20(23)28/h6-7,10-11H,5,9,12H2,1-4H3. The van der Waals surface area contributed by atoms with E-state index in [2.05, 4.69) is 0 Å². The molecule has 2 rings (SSSR count). The Bertz CT molecular complexity index is 1090. The van der Waals surface area contributed by atoms with Crippen molar-refractivity contribution < 1.29 is 9.59 Å². The second kappa shape index (κ2) is 8.48. The molecule has 0 aliphatic rings. The lowest BCUT2D eigenvalue weighted by Crippen LogP contribution is -2.44. The Morgan fingerprint density at radius 3 is 2.43 bits per heavy atom. The number of amides is 1. The van der Waals surface area contributed by atoms with Crippen molar-refractivity contribution in [2.24, 2.45) is 7.05 Å². The minimum absolute atomic E-state index is 0.125. The molecular formula is C20H22N4O4. The third-order valence-corrected chi connectivity index (χ3v) is 4.59. The fourth-order valence-electron chi connectivity index (χ4n) is 2.77. The van der Waals surface area contributed by atoms with Crippen molar-refractivity contribution in [3.8, 4) is 6.07 Å². The normalized spacial score (nSPS) is 10.4. The monoisotopic (exact) mass is 382 g/mol. The molecule has 0 fully saturated rings. The zero-order chi connectivity index (χ0) is 21.0. The number of rotatable bonds is 6. The Hall–Kier alpha value is -3.47. The number of carbonyl (C=O) groups is 2. The van der Waals surface area contributed by atoms with Crippen LogP contribution < -0.4 is 16.1 Å². The number of benzene rings is 1. The van der Waals surface area contributed by atoms with Crippen LogP contribution in [0, 0.1) is 25.2 Å². The molecule has 0 unspecified atom stereocenters. The van der Waals surface area contributed by atoms with Gasteiger partial charge in [0.05, 0.1) is 18.1 Å². The van der Waals surface area contributed by atoms with E-state index in [1.54, 1.807) is 6.07 Å². The average Bonchev–Trinajstić information content (AvgIpc) is 2.65. The molecule has 0 aliphatic heterocycles. The van der Waals surface area contributed by atoms with Gasteiger partial charge in [0, 0.05) is 25.5 Å². The number of aromatic nitrogens is 2. The Morgan fingerprint density at radius 1 is 1.18 bits per heavy atom. The predicted octanol–water partition coefficient (Wildman–Crippen LogP) is 1.31. The van der Waals surface area contributed by atoms with Crippen LogP contribution in [0.2, 0.25) is 0 Å². The molecule has 1 heterocycles. The molecule has 28 heavy (non-hydrogen) atoms. The minimum Gasteiger partial charge on any atom is -0.310 e. The lowest BCUT2D eigenvalue weighted by atomic mass is 10.1. The van der Waals surface area contributed by atoms with Crippen LogP contribution in [0.3, 0.4) is 0 Å². The minimum atomic E-state index is -0.698. The fraction of sp³-hybridized carbons (Fsp3) is 0.350. The maximum atomic E-state index is 12.9. The van der Waals surface area contributed by atoms with E-state index in [0.717, 1.165) is 26.5 Å². The van der Waals surface area contributed by atoms with Crippen LogP contribution in [0.1, 0.15) is 34.8 Å². The summed E-state index contributed by atoms with van der Waals surface area (Å²) in [6, 6.07) is 7.51. The van der Waals surface area contributed by atoms with Gasteiger partial charge in [0.2, 0.25) is 5.91 Å². The first-order valence-electron chi connectivity index (χ1n) is 8.73. The van der Waals surface area contributed by atoms with Crippen LogP contribution >= 0.6 is 0 Å². The summed E-state index contributed by atoms with van der Waals surface area (Å²) in [5, 5.41) is 8.92. The van der Waals surface area contributed by atoms with E-state index in [-0.39, 0.29) is 25.1 Å². The molecule has 0 spiro atoms. The van der Waals surface area contributed by atoms with E-state index < -0.39 is 22.9 Å². The Balaban J connectivity index is 2.45. The van der Waals surface area contributed by atoms with Gasteiger partial charge in [0.1, 0.15) is 6.54 Å². The van der Waals surface area contributed by atoms with Crippen LogP contribution in [0.4, 0.5) is 5.69 Å². The number of hydrogen-bond donors (Lipinski definition) is 0. The maximum absolute atomic E-state index is 12.9. The molecule has 1 aromatic carbocycles. The number of ketones is 1. The molecule has 1 aromatic heterocycles. The van der Waals surface area contributed by atoms with Gasteiger partial charge in [-0.3, -0.25) is 23.5 Å². The third kappa shape index (κ3) is 4.26. The van der Waals surface area contributed by atoms with Gasteiger partial charge in [-0.05, 0) is 44.0 Å². The van der Waals surface area contributed by atoms with E-state index in [4.69, 9.17) is 5.26 Å². The van der Waals surface area contributed by atoms with Gasteiger partial charge >= 0.3 is 5.69 Å². The fourth-order valence-corrected chi connectivity index (χ4v) is 2.77. The SMILES string of the molecule is CC(=O)c1cn(CC(=O)N(CCC#N)c2ccc(C)c(C)c2)c(=O)n(C)c1=O. The van der Waals surface area contributed by atoms with Crippen LogP contribution in [0.15, 0.2) is 34.0 Å². The van der Waals surface area contributed by atoms with Crippen molar-refractivity contribution in [3.05, 3.63) is 61.9 Å². The predicted molar refractivity (Wildman–Crippen MR) is 104 cm³/mol. The van der Waals surface area contributed by atoms with Crippen molar-refractivity contribution in [1.82, 2.24) is 9.13 Å². The molecule has 8 nitrogen and oxygen atoms in total. The Labute approximate surface area is 162 Å². The van der Waals surface area contributed by atoms with E-state index >= 15 is 0 Å². The van der Waals surface area contributed by atoms with Gasteiger partial charge < -0.3 is 4.90 Å². The molecule has 0 saturated carbocycles. The Kier molecular flexibility index (Phi) is 6.31. The van der Waals surface area contributed by atoms with Gasteiger partial charge in [0.25, 0.3) is 5.56 Å². The van der Waals surface area contributed by atoms with E-state index in [9.17, 15) is 19.2 Å². The van der Waals surface area contributed by atoms with Crippen molar-refractivity contribution in [1.29, 1.82) is 5.26 Å². The molecule has 1 amide bonds. The first-order chi connectivity index (χ1) is 13.2. The summed E-state index contributed by atoms with van der Waals surface area (Å²) < 4.78 is 1.85. The molecule has 0 bridgehead atoms. The average molecular weight is 382 g/mol. The molecule has 0 radical (unpaired) electrons. The van der Waals surface area contributed by atoms with Crippen molar-refractivity contribution in [3.63, 3.8) is 0 Å². The molecule has 8 heteroatoms. The van der Waals surface area contributed by atoms with Crippen LogP contribution in [-0.2, 0) is 18.4 Å². The number of hydrogen-bond acceptors (Lipinski definition) is 5. The van der Waals surface area contributed by atoms with E-state index in [1.807, 2.05) is 32.0 Å². The summed E-state index contributed by atoms with van der Waals surface area (Å²) in [6.45, 7) is 4.90. The number of nitriles is 1. The Morgan fingerprint density at radius 2 is 1.86 bits per heavy atom. The van der Waals surface area contributed by atoms with Crippen molar-refractivity contribution >= 4 is 17.4 Å². The smallest absolute Gasteiger partial charge is 0.310 e. The number of aryl methyl sites for hydroxylation is 2. The quantitative estimate of drug-likeness (QED) is 0.701. The number of anilines is 1. The number of carbonyl (C=O) groups excluding carboxylic acids is 2. The van der Waals surface area contributed by atoms with Gasteiger partial charge in [-0.2, -0.15) is 5.26 Å². The zero-order valence-electron chi connectivity index (χ0n) is 16.4. The molecule has 0 aliphatic carbocycles. The number of Topliss-reactive ketones (excluding diaryl/α,β-unsaturated/α-hetero) is 1. The molecule has 0 N–H and O–H groups in total. The van der Waals surface area contributed by atoms with Gasteiger partial charge in [0.15, 0.2) is 5.78 Å². The van der Waals surface area contributed by atoms with E-state index in [0.29, 0.717) is 5.69 Å². The molecule has 0 atom stereocenters. The first kappa shape index (κ1) is 20.8. The summed E-state index contributed by atoms with van der Waals surface area (Å²) in [5.41, 5.74) is 1.13. The third-order valence-electron chi connectivity index (χ3n) is 4.59. The second-order valence-electron chi connectivity index (χ2n) is 6.60. The summed E-state index contributed by atoms with van der Waals surface area (Å²) >= 11 is 0. The van der Waals surface area contributed by atoms with Crippen molar-refractivity contribution in [2.75, 3.05) is 11.4 Å². The van der Waals surface area contributed by atoms with Gasteiger partial charge in [-0.15, -0.1) is 0 Å². The van der Waals surface area contributed by atoms with Crippen LogP contribution in [0.25, 0.3) is 0 Å². The number of nitrogens with zero attached hydrogens (tertiary/aromatic N) is 4. The largest absolute Gasteiger partial charge is 0.331 e. The zero-order valence-corrected chi connectivity index (χ0v) is 16.4. The van der Waals surface area contributed by atoms with Crippen molar-refractivity contribution in [2.45, 2.75) is 33.7 Å². The summed E-state index contributed by atoms with van der Waals surface area (Å²) in [5.74, 6) is -0.911. The lowest BCUT2D eigenvalue weighted by Gasteiger charge is -2.23. The highest BCUT2D eigenvalue weighted by Gasteiger charge is 2.19. The molecule has 146 valence electrons. The summed E-state index contributed by atoms with van der Waals surface area (Å²) in [7, 11) is 1.26. The van der Waals surface area contributed by atoms with Crippen LogP contribution in [0.5, 0.6) is 0 Å². The topological polar surface area (TPSA) is 105 Å². The van der Waals surface area contributed by atoms with Gasteiger partial charge in [-0.25, -0.2) is 4.79 Å². The maximum Gasteiger partial charge on any atom is 0.331 e.